The highest BCUT2D eigenvalue weighted by atomic mass is 19.1. The Bertz CT molecular complexity index is 1580. The van der Waals surface area contributed by atoms with E-state index in [0.29, 0.717) is 17.9 Å². The first-order chi connectivity index (χ1) is 20.2. The van der Waals surface area contributed by atoms with E-state index in [4.69, 9.17) is 4.74 Å². The molecule has 3 amide bonds. The minimum Gasteiger partial charge on any atom is -0.394 e. The number of benzene rings is 3. The molecule has 1 aliphatic heterocycles. The average Bonchev–Trinajstić information content (AvgIpc) is 3.29. The molecular weight excluding hydrogens is 535 g/mol. The second-order valence-electron chi connectivity index (χ2n) is 11.1. The lowest BCUT2D eigenvalue weighted by atomic mass is 9.96. The number of aryl methyl sites for hydroxylation is 1. The van der Waals surface area contributed by atoms with Crippen molar-refractivity contribution >= 4 is 28.5 Å². The minimum atomic E-state index is -0.443. The molecule has 0 saturated heterocycles. The van der Waals surface area contributed by atoms with Crippen molar-refractivity contribution in [3.63, 3.8) is 0 Å². The summed E-state index contributed by atoms with van der Waals surface area (Å²) in [4.78, 5) is 30.7. The summed E-state index contributed by atoms with van der Waals surface area (Å²) in [7, 11) is 3.58. The van der Waals surface area contributed by atoms with Crippen LogP contribution in [0.5, 0.6) is 0 Å². The number of aliphatic hydroxyl groups excluding tert-OH is 1. The molecule has 220 valence electrons. The topological polar surface area (TPSA) is 87.0 Å². The number of urea groups is 1. The van der Waals surface area contributed by atoms with Crippen LogP contribution in [-0.4, -0.2) is 70.3 Å². The lowest BCUT2D eigenvalue weighted by molar-refractivity contribution is -0.0179. The van der Waals surface area contributed by atoms with Crippen LogP contribution in [0.4, 0.5) is 14.9 Å². The van der Waals surface area contributed by atoms with E-state index in [0.717, 1.165) is 27.6 Å². The van der Waals surface area contributed by atoms with Crippen LogP contribution in [0, 0.1) is 11.7 Å². The van der Waals surface area contributed by atoms with E-state index in [9.17, 15) is 19.1 Å². The van der Waals surface area contributed by atoms with Crippen molar-refractivity contribution in [2.24, 2.45) is 13.0 Å². The Kier molecular flexibility index (Phi) is 8.61. The number of aliphatic hydroxyl groups is 1. The third-order valence-corrected chi connectivity index (χ3v) is 8.12. The Morgan fingerprint density at radius 1 is 1.12 bits per heavy atom. The normalized spacial score (nSPS) is 18.1. The Morgan fingerprint density at radius 3 is 2.55 bits per heavy atom. The van der Waals surface area contributed by atoms with Gasteiger partial charge in [-0.3, -0.25) is 4.79 Å². The number of nitrogens with zero attached hydrogens (tertiary/aromatic N) is 3. The number of rotatable bonds is 5. The molecule has 1 aromatic heterocycles. The summed E-state index contributed by atoms with van der Waals surface area (Å²) in [5.41, 5.74) is 4.67. The van der Waals surface area contributed by atoms with E-state index in [1.165, 1.54) is 29.2 Å². The molecule has 8 nitrogen and oxygen atoms in total. The molecular formula is C33H37FN4O4. The number of ether oxygens (including phenoxy) is 1. The van der Waals surface area contributed by atoms with Crippen LogP contribution >= 0.6 is 0 Å². The zero-order valence-electron chi connectivity index (χ0n) is 24.4. The van der Waals surface area contributed by atoms with E-state index < -0.39 is 12.1 Å². The van der Waals surface area contributed by atoms with Crippen molar-refractivity contribution in [1.82, 2.24) is 14.4 Å². The lowest BCUT2D eigenvalue weighted by Crippen LogP contribution is -2.48. The maximum Gasteiger partial charge on any atom is 0.321 e. The molecule has 0 bridgehead atoms. The van der Waals surface area contributed by atoms with E-state index in [1.807, 2.05) is 74.0 Å². The first kappa shape index (κ1) is 29.3. The number of hydrogen-bond donors (Lipinski definition) is 2. The van der Waals surface area contributed by atoms with Gasteiger partial charge < -0.3 is 29.5 Å². The molecule has 5 rings (SSSR count). The van der Waals surface area contributed by atoms with Gasteiger partial charge in [0.25, 0.3) is 5.91 Å². The Balaban J connectivity index is 1.53. The van der Waals surface area contributed by atoms with Crippen molar-refractivity contribution in [1.29, 1.82) is 0 Å². The fourth-order valence-corrected chi connectivity index (χ4v) is 5.63. The van der Waals surface area contributed by atoms with Gasteiger partial charge in [0, 0.05) is 55.3 Å². The molecule has 0 spiro atoms. The van der Waals surface area contributed by atoms with Gasteiger partial charge in [0.1, 0.15) is 11.5 Å². The summed E-state index contributed by atoms with van der Waals surface area (Å²) >= 11 is 0. The molecule has 42 heavy (non-hydrogen) atoms. The second kappa shape index (κ2) is 12.3. The molecule has 1 aliphatic rings. The van der Waals surface area contributed by atoms with Gasteiger partial charge in [-0.05, 0) is 48.4 Å². The molecule has 0 saturated carbocycles. The van der Waals surface area contributed by atoms with Crippen LogP contribution < -0.4 is 5.32 Å². The molecule has 0 radical (unpaired) electrons. The monoisotopic (exact) mass is 572 g/mol. The van der Waals surface area contributed by atoms with Gasteiger partial charge in [0.15, 0.2) is 0 Å². The van der Waals surface area contributed by atoms with Gasteiger partial charge in [0.05, 0.1) is 25.4 Å². The van der Waals surface area contributed by atoms with Gasteiger partial charge in [-0.25, -0.2) is 9.18 Å². The number of carbonyl (C=O) groups is 2. The van der Waals surface area contributed by atoms with E-state index >= 15 is 0 Å². The molecule has 0 fully saturated rings. The summed E-state index contributed by atoms with van der Waals surface area (Å²) in [5, 5.41) is 13.9. The number of anilines is 1. The van der Waals surface area contributed by atoms with E-state index in [2.05, 4.69) is 5.32 Å². The summed E-state index contributed by atoms with van der Waals surface area (Å²) < 4.78 is 21.8. The standard InChI is InChI=1S/C33H37FN4O4/c1-21-17-38(22(2)19-39)32(40)31-30(27-11-7-8-12-28(27)37(31)4)26-10-6-5-9-23(26)20-42-29(21)18-36(3)33(41)35-25-15-13-24(34)14-16-25/h5-16,21-22,29,39H,17-20H2,1-4H3,(H,35,41)/t21-,22+,29-/m0/s1. The molecule has 4 aromatic rings. The van der Waals surface area contributed by atoms with Gasteiger partial charge >= 0.3 is 6.03 Å². The Morgan fingerprint density at radius 2 is 1.81 bits per heavy atom. The molecule has 0 aliphatic carbocycles. The summed E-state index contributed by atoms with van der Waals surface area (Å²) in [6.07, 6.45) is -0.429. The molecule has 3 aromatic carbocycles. The largest absolute Gasteiger partial charge is 0.394 e. The number of likely N-dealkylation sites (N-methyl/N-ethyl adjacent to an activating group) is 1. The number of halogens is 1. The number of carbonyl (C=O) groups excluding carboxylic acids is 2. The predicted octanol–water partition coefficient (Wildman–Crippen LogP) is 5.51. The Labute approximate surface area is 245 Å². The molecule has 2 N–H and O–H groups in total. The van der Waals surface area contributed by atoms with Crippen LogP contribution in [-0.2, 0) is 18.4 Å². The van der Waals surface area contributed by atoms with Gasteiger partial charge in [-0.15, -0.1) is 0 Å². The van der Waals surface area contributed by atoms with Gasteiger partial charge in [-0.1, -0.05) is 49.4 Å². The zero-order chi connectivity index (χ0) is 30.0. The molecule has 3 atom stereocenters. The molecule has 9 heteroatoms. The van der Waals surface area contributed by atoms with Crippen molar-refractivity contribution in [2.75, 3.05) is 32.1 Å². The van der Waals surface area contributed by atoms with Crippen molar-refractivity contribution in [2.45, 2.75) is 32.6 Å². The fraction of sp³-hybridized carbons (Fsp3) is 0.333. The Hall–Kier alpha value is -4.21. The number of fused-ring (bicyclic) bond motifs is 5. The van der Waals surface area contributed by atoms with Crippen molar-refractivity contribution in [3.8, 4) is 11.1 Å². The number of para-hydroxylation sites is 1. The minimum absolute atomic E-state index is 0.171. The summed E-state index contributed by atoms with van der Waals surface area (Å²) in [5.74, 6) is -0.741. The summed E-state index contributed by atoms with van der Waals surface area (Å²) in [6.45, 7) is 4.48. The third-order valence-electron chi connectivity index (χ3n) is 8.12. The maximum absolute atomic E-state index is 14.4. The van der Waals surface area contributed by atoms with Gasteiger partial charge in [-0.2, -0.15) is 0 Å². The van der Waals surface area contributed by atoms with Crippen LogP contribution in [0.1, 0.15) is 29.9 Å². The molecule has 0 unspecified atom stereocenters. The lowest BCUT2D eigenvalue weighted by Gasteiger charge is -2.35. The number of amides is 3. The van der Waals surface area contributed by atoms with Crippen LogP contribution in [0.15, 0.2) is 72.8 Å². The second-order valence-corrected chi connectivity index (χ2v) is 11.1. The zero-order valence-corrected chi connectivity index (χ0v) is 24.4. The summed E-state index contributed by atoms with van der Waals surface area (Å²) in [6, 6.07) is 20.7. The quantitative estimate of drug-likeness (QED) is 0.330. The van der Waals surface area contributed by atoms with Gasteiger partial charge in [0.2, 0.25) is 0 Å². The van der Waals surface area contributed by atoms with Crippen molar-refractivity contribution in [3.05, 3.63) is 89.9 Å². The fourth-order valence-electron chi connectivity index (χ4n) is 5.63. The van der Waals surface area contributed by atoms with E-state index in [1.54, 1.807) is 11.9 Å². The smallest absolute Gasteiger partial charge is 0.321 e. The average molecular weight is 573 g/mol. The number of hydrogen-bond acceptors (Lipinski definition) is 4. The SMILES string of the molecule is C[C@H](CO)N1C[C@H](C)[C@H](CN(C)C(=O)Nc2ccc(F)cc2)OCc2ccccc2-c2c(n(C)c3ccccc23)C1=O. The van der Waals surface area contributed by atoms with Crippen molar-refractivity contribution < 1.29 is 23.8 Å². The van der Waals surface area contributed by atoms with Crippen LogP contribution in [0.3, 0.4) is 0 Å². The van der Waals surface area contributed by atoms with Crippen LogP contribution in [0.2, 0.25) is 0 Å². The highest BCUT2D eigenvalue weighted by Gasteiger charge is 2.34. The highest BCUT2D eigenvalue weighted by Crippen LogP contribution is 2.38. The van der Waals surface area contributed by atoms with E-state index in [-0.39, 0.29) is 43.4 Å². The number of nitrogens with one attached hydrogen (secondary N) is 1. The number of aromatic nitrogens is 1. The highest BCUT2D eigenvalue weighted by molar-refractivity contribution is 6.10. The molecule has 2 heterocycles. The maximum atomic E-state index is 14.4. The van der Waals surface area contributed by atoms with Crippen LogP contribution in [0.25, 0.3) is 22.0 Å². The third kappa shape index (κ3) is 5.75. The first-order valence-electron chi connectivity index (χ1n) is 14.2. The first-order valence-corrected chi connectivity index (χ1v) is 14.2. The predicted molar refractivity (Wildman–Crippen MR) is 162 cm³/mol.